The summed E-state index contributed by atoms with van der Waals surface area (Å²) in [5.41, 5.74) is 3.04. The number of furan rings is 1. The molecule has 2 unspecified atom stereocenters. The predicted octanol–water partition coefficient (Wildman–Crippen LogP) is 3.44. The smallest absolute Gasteiger partial charge is 0.107 e. The van der Waals surface area contributed by atoms with Gasteiger partial charge in [0, 0.05) is 23.9 Å². The van der Waals surface area contributed by atoms with E-state index >= 15 is 0 Å². The minimum Gasteiger partial charge on any atom is -0.466 e. The fraction of sp³-hybridized carbons (Fsp3) is 0.400. The van der Waals surface area contributed by atoms with Gasteiger partial charge in [-0.25, -0.2) is 0 Å². The monoisotopic (exact) mass is 245 g/mol. The zero-order chi connectivity index (χ0) is 13.3. The number of aromatic nitrogens is 1. The Morgan fingerprint density at radius 1 is 1.11 bits per heavy atom. The van der Waals surface area contributed by atoms with Crippen molar-refractivity contribution < 1.29 is 9.52 Å². The lowest BCUT2D eigenvalue weighted by molar-refractivity contribution is 0.149. The van der Waals surface area contributed by atoms with E-state index in [1.807, 2.05) is 39.8 Å². The topological polar surface area (TPSA) is 46.3 Å². The summed E-state index contributed by atoms with van der Waals surface area (Å²) in [5.74, 6) is 1.70. The number of aliphatic hydroxyl groups is 1. The lowest BCUT2D eigenvalue weighted by atomic mass is 9.89. The molecule has 2 aromatic heterocycles. The normalized spacial score (nSPS) is 14.5. The highest BCUT2D eigenvalue weighted by atomic mass is 16.3. The van der Waals surface area contributed by atoms with Crippen LogP contribution >= 0.6 is 0 Å². The molecule has 0 saturated heterocycles. The van der Waals surface area contributed by atoms with Gasteiger partial charge in [0.15, 0.2) is 0 Å². The molecular weight excluding hydrogens is 226 g/mol. The summed E-state index contributed by atoms with van der Waals surface area (Å²) >= 11 is 0. The summed E-state index contributed by atoms with van der Waals surface area (Å²) in [6.45, 7) is 7.83. The quantitative estimate of drug-likeness (QED) is 0.901. The molecule has 0 aliphatic heterocycles. The van der Waals surface area contributed by atoms with Gasteiger partial charge < -0.3 is 9.52 Å². The molecule has 0 saturated carbocycles. The van der Waals surface area contributed by atoms with Gasteiger partial charge >= 0.3 is 0 Å². The van der Waals surface area contributed by atoms with Crippen molar-refractivity contribution in [2.24, 2.45) is 0 Å². The molecule has 0 amide bonds. The molecule has 1 N–H and O–H groups in total. The first-order valence-electron chi connectivity index (χ1n) is 6.16. The molecule has 0 radical (unpaired) electrons. The SMILES string of the molecule is Cc1oc(C)c(C(O)C(C)c2ccncc2)c1C. The number of hydrogen-bond donors (Lipinski definition) is 1. The third-order valence-corrected chi connectivity index (χ3v) is 3.62. The van der Waals surface area contributed by atoms with E-state index in [-0.39, 0.29) is 5.92 Å². The zero-order valence-electron chi connectivity index (χ0n) is 11.3. The van der Waals surface area contributed by atoms with Crippen LogP contribution in [0.5, 0.6) is 0 Å². The first kappa shape index (κ1) is 12.8. The average Bonchev–Trinajstić information content (AvgIpc) is 2.63. The van der Waals surface area contributed by atoms with Crippen LogP contribution in [0.15, 0.2) is 28.9 Å². The van der Waals surface area contributed by atoms with Gasteiger partial charge in [-0.3, -0.25) is 4.98 Å². The third-order valence-electron chi connectivity index (χ3n) is 3.62. The number of hydrogen-bond acceptors (Lipinski definition) is 3. The summed E-state index contributed by atoms with van der Waals surface area (Å²) in [4.78, 5) is 4.00. The molecule has 0 aliphatic rings. The molecule has 2 atom stereocenters. The van der Waals surface area contributed by atoms with Crippen LogP contribution in [0.4, 0.5) is 0 Å². The number of aliphatic hydroxyl groups excluding tert-OH is 1. The first-order valence-corrected chi connectivity index (χ1v) is 6.16. The standard InChI is InChI=1S/C15H19NO2/c1-9-11(3)18-12(4)14(9)15(17)10(2)13-5-7-16-8-6-13/h5-8,10,15,17H,1-4H3. The minimum absolute atomic E-state index is 0.0161. The van der Waals surface area contributed by atoms with Gasteiger partial charge in [0.2, 0.25) is 0 Å². The van der Waals surface area contributed by atoms with Gasteiger partial charge in [0.25, 0.3) is 0 Å². The molecule has 0 aliphatic carbocycles. The number of pyridine rings is 1. The maximum atomic E-state index is 10.5. The van der Waals surface area contributed by atoms with Gasteiger partial charge in [-0.05, 0) is 44.0 Å². The highest BCUT2D eigenvalue weighted by Crippen LogP contribution is 2.35. The van der Waals surface area contributed by atoms with E-state index in [4.69, 9.17) is 4.42 Å². The summed E-state index contributed by atoms with van der Waals surface area (Å²) in [6, 6.07) is 3.87. The van der Waals surface area contributed by atoms with E-state index < -0.39 is 6.10 Å². The second-order valence-electron chi connectivity index (χ2n) is 4.77. The van der Waals surface area contributed by atoms with E-state index in [1.54, 1.807) is 12.4 Å². The Kier molecular flexibility index (Phi) is 3.53. The lowest BCUT2D eigenvalue weighted by Gasteiger charge is -2.19. The Balaban J connectivity index is 2.34. The third kappa shape index (κ3) is 2.18. The summed E-state index contributed by atoms with van der Waals surface area (Å²) < 4.78 is 5.58. The van der Waals surface area contributed by atoms with Crippen molar-refractivity contribution in [1.29, 1.82) is 0 Å². The highest BCUT2D eigenvalue weighted by molar-refractivity contribution is 5.35. The molecule has 2 aromatic rings. The van der Waals surface area contributed by atoms with Crippen molar-refractivity contribution in [3.63, 3.8) is 0 Å². The van der Waals surface area contributed by atoms with Crippen LogP contribution in [-0.2, 0) is 0 Å². The fourth-order valence-electron chi connectivity index (χ4n) is 2.34. The van der Waals surface area contributed by atoms with Crippen LogP contribution in [-0.4, -0.2) is 10.1 Å². The average molecular weight is 245 g/mol. The molecule has 2 rings (SSSR count). The van der Waals surface area contributed by atoms with Gasteiger partial charge in [-0.2, -0.15) is 0 Å². The number of aryl methyl sites for hydroxylation is 2. The van der Waals surface area contributed by atoms with Gasteiger partial charge in [-0.15, -0.1) is 0 Å². The van der Waals surface area contributed by atoms with Crippen LogP contribution < -0.4 is 0 Å². The van der Waals surface area contributed by atoms with Crippen LogP contribution in [0.1, 0.15) is 47.2 Å². The Hall–Kier alpha value is -1.61. The van der Waals surface area contributed by atoms with Crippen molar-refractivity contribution in [2.75, 3.05) is 0 Å². The Morgan fingerprint density at radius 2 is 1.72 bits per heavy atom. The molecule has 2 heterocycles. The van der Waals surface area contributed by atoms with Gasteiger partial charge in [0.1, 0.15) is 11.5 Å². The van der Waals surface area contributed by atoms with E-state index in [1.165, 1.54) is 0 Å². The van der Waals surface area contributed by atoms with Crippen molar-refractivity contribution in [3.8, 4) is 0 Å². The molecule has 0 fully saturated rings. The molecule has 0 spiro atoms. The van der Waals surface area contributed by atoms with E-state index in [0.29, 0.717) is 0 Å². The van der Waals surface area contributed by atoms with Gasteiger partial charge in [-0.1, -0.05) is 6.92 Å². The molecule has 3 heteroatoms. The minimum atomic E-state index is -0.551. The lowest BCUT2D eigenvalue weighted by Crippen LogP contribution is -2.09. The summed E-state index contributed by atoms with van der Waals surface area (Å²) in [7, 11) is 0. The fourth-order valence-corrected chi connectivity index (χ4v) is 2.34. The van der Waals surface area contributed by atoms with Gasteiger partial charge in [0.05, 0.1) is 6.10 Å². The van der Waals surface area contributed by atoms with Crippen LogP contribution in [0.25, 0.3) is 0 Å². The van der Waals surface area contributed by atoms with E-state index in [0.717, 1.165) is 28.2 Å². The molecular formula is C15H19NO2. The van der Waals surface area contributed by atoms with Crippen molar-refractivity contribution >= 4 is 0 Å². The van der Waals surface area contributed by atoms with Crippen molar-refractivity contribution in [1.82, 2.24) is 4.98 Å². The molecule has 0 bridgehead atoms. The number of rotatable bonds is 3. The van der Waals surface area contributed by atoms with E-state index in [2.05, 4.69) is 4.98 Å². The van der Waals surface area contributed by atoms with Crippen molar-refractivity contribution in [3.05, 3.63) is 52.7 Å². The molecule has 18 heavy (non-hydrogen) atoms. The first-order chi connectivity index (χ1) is 8.52. The molecule has 3 nitrogen and oxygen atoms in total. The zero-order valence-corrected chi connectivity index (χ0v) is 11.3. The molecule has 96 valence electrons. The second kappa shape index (κ2) is 4.94. The summed E-state index contributed by atoms with van der Waals surface area (Å²) in [6.07, 6.45) is 2.95. The second-order valence-corrected chi connectivity index (χ2v) is 4.77. The maximum Gasteiger partial charge on any atom is 0.107 e. The van der Waals surface area contributed by atoms with Crippen LogP contribution in [0, 0.1) is 20.8 Å². The van der Waals surface area contributed by atoms with Crippen LogP contribution in [0.2, 0.25) is 0 Å². The Labute approximate surface area is 107 Å². The highest BCUT2D eigenvalue weighted by Gasteiger charge is 2.24. The van der Waals surface area contributed by atoms with Crippen molar-refractivity contribution in [2.45, 2.75) is 39.7 Å². The Bertz CT molecular complexity index is 531. The number of nitrogens with zero attached hydrogens (tertiary/aromatic N) is 1. The molecule has 0 aromatic carbocycles. The largest absolute Gasteiger partial charge is 0.466 e. The Morgan fingerprint density at radius 3 is 2.22 bits per heavy atom. The predicted molar refractivity (Wildman–Crippen MR) is 70.5 cm³/mol. The summed E-state index contributed by atoms with van der Waals surface area (Å²) in [5, 5.41) is 10.5. The maximum absolute atomic E-state index is 10.5. The van der Waals surface area contributed by atoms with Crippen LogP contribution in [0.3, 0.4) is 0 Å². The van der Waals surface area contributed by atoms with E-state index in [9.17, 15) is 5.11 Å².